The minimum absolute atomic E-state index is 0.0900. The van der Waals surface area contributed by atoms with Gasteiger partial charge >= 0.3 is 0 Å². The van der Waals surface area contributed by atoms with Crippen molar-refractivity contribution in [3.8, 4) is 11.8 Å². The lowest BCUT2D eigenvalue weighted by molar-refractivity contribution is -0.133. The summed E-state index contributed by atoms with van der Waals surface area (Å²) < 4.78 is 5.35. The maximum absolute atomic E-state index is 11.7. The third-order valence-corrected chi connectivity index (χ3v) is 2.64. The highest BCUT2D eigenvalue weighted by Gasteiger charge is 2.13. The van der Waals surface area contributed by atoms with E-state index >= 15 is 0 Å². The van der Waals surface area contributed by atoms with Crippen LogP contribution in [0.2, 0.25) is 0 Å². The van der Waals surface area contributed by atoms with E-state index in [1.807, 2.05) is 19.9 Å². The molecule has 1 amide bonds. The lowest BCUT2D eigenvalue weighted by Crippen LogP contribution is -2.36. The van der Waals surface area contributed by atoms with Crippen molar-refractivity contribution in [1.82, 2.24) is 4.90 Å². The molecule has 5 heteroatoms. The second kappa shape index (κ2) is 5.92. The normalized spacial score (nSPS) is 9.94. The number of nitriles is 1. The highest BCUT2D eigenvalue weighted by atomic mass is 16.5. The molecular weight excluding hydrogens is 230 g/mol. The summed E-state index contributed by atoms with van der Waals surface area (Å²) in [7, 11) is 1.71. The molecule has 0 saturated carbocycles. The zero-order valence-electron chi connectivity index (χ0n) is 10.8. The van der Waals surface area contributed by atoms with Gasteiger partial charge in [-0.15, -0.1) is 0 Å². The molecule has 2 N–H and O–H groups in total. The number of amides is 1. The molecule has 0 aliphatic carbocycles. The van der Waals surface area contributed by atoms with E-state index < -0.39 is 0 Å². The number of ether oxygens (including phenoxy) is 1. The van der Waals surface area contributed by atoms with Crippen LogP contribution in [0.15, 0.2) is 18.2 Å². The second-order valence-corrected chi connectivity index (χ2v) is 4.25. The van der Waals surface area contributed by atoms with E-state index in [1.54, 1.807) is 24.1 Å². The Bertz CT molecular complexity index is 478. The van der Waals surface area contributed by atoms with Gasteiger partial charge in [0.1, 0.15) is 11.8 Å². The summed E-state index contributed by atoms with van der Waals surface area (Å²) in [4.78, 5) is 13.3. The molecule has 0 aliphatic rings. The van der Waals surface area contributed by atoms with Crippen molar-refractivity contribution in [3.05, 3.63) is 23.8 Å². The molecule has 0 saturated heterocycles. The van der Waals surface area contributed by atoms with Crippen molar-refractivity contribution in [2.45, 2.75) is 19.9 Å². The number of anilines is 1. The van der Waals surface area contributed by atoms with Gasteiger partial charge in [-0.1, -0.05) is 0 Å². The fourth-order valence-electron chi connectivity index (χ4n) is 1.29. The summed E-state index contributed by atoms with van der Waals surface area (Å²) in [5.74, 6) is 0.239. The van der Waals surface area contributed by atoms with E-state index in [0.29, 0.717) is 17.0 Å². The van der Waals surface area contributed by atoms with Gasteiger partial charge in [-0.2, -0.15) is 5.26 Å². The van der Waals surface area contributed by atoms with E-state index in [-0.39, 0.29) is 18.6 Å². The van der Waals surface area contributed by atoms with Crippen molar-refractivity contribution >= 4 is 11.6 Å². The van der Waals surface area contributed by atoms with Gasteiger partial charge in [0, 0.05) is 18.8 Å². The first-order valence-electron chi connectivity index (χ1n) is 5.63. The first-order chi connectivity index (χ1) is 8.45. The Kier molecular flexibility index (Phi) is 4.55. The molecule has 0 aliphatic heterocycles. The number of carbonyl (C=O) groups is 1. The first-order valence-corrected chi connectivity index (χ1v) is 5.63. The molecule has 0 fully saturated rings. The van der Waals surface area contributed by atoms with Crippen molar-refractivity contribution in [1.29, 1.82) is 5.26 Å². The maximum Gasteiger partial charge on any atom is 0.260 e. The van der Waals surface area contributed by atoms with Gasteiger partial charge in [-0.25, -0.2) is 0 Å². The van der Waals surface area contributed by atoms with Gasteiger partial charge in [-0.05, 0) is 32.0 Å². The highest BCUT2D eigenvalue weighted by molar-refractivity contribution is 5.77. The van der Waals surface area contributed by atoms with Crippen LogP contribution in [-0.4, -0.2) is 30.5 Å². The largest absolute Gasteiger partial charge is 0.482 e. The average molecular weight is 247 g/mol. The Morgan fingerprint density at radius 2 is 2.22 bits per heavy atom. The van der Waals surface area contributed by atoms with E-state index in [9.17, 15) is 4.79 Å². The van der Waals surface area contributed by atoms with Gasteiger partial charge in [0.25, 0.3) is 5.91 Å². The number of benzene rings is 1. The molecule has 96 valence electrons. The summed E-state index contributed by atoms with van der Waals surface area (Å²) in [5, 5.41) is 8.92. The van der Waals surface area contributed by atoms with E-state index in [1.165, 1.54) is 6.07 Å². The predicted molar refractivity (Wildman–Crippen MR) is 69.0 cm³/mol. The zero-order chi connectivity index (χ0) is 13.7. The molecule has 1 rings (SSSR count). The number of nitrogen functional groups attached to an aromatic ring is 1. The maximum atomic E-state index is 11.7. The number of hydrogen-bond acceptors (Lipinski definition) is 4. The van der Waals surface area contributed by atoms with Crippen LogP contribution < -0.4 is 10.5 Å². The molecule has 1 aromatic rings. The van der Waals surface area contributed by atoms with E-state index in [0.717, 1.165) is 0 Å². The zero-order valence-corrected chi connectivity index (χ0v) is 10.8. The molecule has 0 heterocycles. The molecule has 0 radical (unpaired) electrons. The Balaban J connectivity index is 2.70. The van der Waals surface area contributed by atoms with E-state index in [4.69, 9.17) is 15.7 Å². The number of likely N-dealkylation sites (N-methyl/N-ethyl adjacent to an activating group) is 1. The van der Waals surface area contributed by atoms with Crippen molar-refractivity contribution in [3.63, 3.8) is 0 Å². The SMILES string of the molecule is CC(C)N(C)C(=O)COc1ccc(N)cc1C#N. The molecule has 0 aromatic heterocycles. The van der Waals surface area contributed by atoms with Crippen LogP contribution in [0.5, 0.6) is 5.75 Å². The van der Waals surface area contributed by atoms with Gasteiger partial charge in [0.15, 0.2) is 6.61 Å². The van der Waals surface area contributed by atoms with Crippen LogP contribution in [0.25, 0.3) is 0 Å². The minimum Gasteiger partial charge on any atom is -0.482 e. The van der Waals surface area contributed by atoms with Crippen LogP contribution >= 0.6 is 0 Å². The molecule has 0 unspecified atom stereocenters. The average Bonchev–Trinajstić information content (AvgIpc) is 2.35. The number of rotatable bonds is 4. The predicted octanol–water partition coefficient (Wildman–Crippen LogP) is 1.39. The Morgan fingerprint density at radius 1 is 1.56 bits per heavy atom. The van der Waals surface area contributed by atoms with Gasteiger partial charge in [-0.3, -0.25) is 4.79 Å². The van der Waals surface area contributed by atoms with Crippen molar-refractivity contribution in [2.75, 3.05) is 19.4 Å². The van der Waals surface area contributed by atoms with Crippen LogP contribution in [0.1, 0.15) is 19.4 Å². The molecule has 1 aromatic carbocycles. The number of carbonyl (C=O) groups excluding carboxylic acids is 1. The van der Waals surface area contributed by atoms with Gasteiger partial charge in [0.05, 0.1) is 5.56 Å². The van der Waals surface area contributed by atoms with Crippen LogP contribution in [-0.2, 0) is 4.79 Å². The monoisotopic (exact) mass is 247 g/mol. The summed E-state index contributed by atoms with van der Waals surface area (Å²) in [6.45, 7) is 3.75. The molecular formula is C13H17N3O2. The third-order valence-electron chi connectivity index (χ3n) is 2.64. The standard InChI is InChI=1S/C13H17N3O2/c1-9(2)16(3)13(17)8-18-12-5-4-11(15)6-10(12)7-14/h4-6,9H,8,15H2,1-3H3. The fraction of sp³-hybridized carbons (Fsp3) is 0.385. The summed E-state index contributed by atoms with van der Waals surface area (Å²) in [6, 6.07) is 6.84. The minimum atomic E-state index is -0.134. The first kappa shape index (κ1) is 13.8. The van der Waals surface area contributed by atoms with Gasteiger partial charge < -0.3 is 15.4 Å². The lowest BCUT2D eigenvalue weighted by Gasteiger charge is -2.21. The number of hydrogen-bond donors (Lipinski definition) is 1. The molecule has 5 nitrogen and oxygen atoms in total. The quantitative estimate of drug-likeness (QED) is 0.815. The smallest absolute Gasteiger partial charge is 0.260 e. The van der Waals surface area contributed by atoms with Crippen molar-refractivity contribution < 1.29 is 9.53 Å². The molecule has 0 atom stereocenters. The second-order valence-electron chi connectivity index (χ2n) is 4.25. The highest BCUT2D eigenvalue weighted by Crippen LogP contribution is 2.20. The van der Waals surface area contributed by atoms with Crippen LogP contribution in [0.3, 0.4) is 0 Å². The fourth-order valence-corrected chi connectivity index (χ4v) is 1.29. The Labute approximate surface area is 107 Å². The topological polar surface area (TPSA) is 79.3 Å². The van der Waals surface area contributed by atoms with Gasteiger partial charge in [0.2, 0.25) is 0 Å². The Morgan fingerprint density at radius 3 is 2.78 bits per heavy atom. The molecule has 18 heavy (non-hydrogen) atoms. The lowest BCUT2D eigenvalue weighted by atomic mass is 10.2. The number of nitrogens with zero attached hydrogens (tertiary/aromatic N) is 2. The Hall–Kier alpha value is -2.22. The summed E-state index contributed by atoms with van der Waals surface area (Å²) in [5.41, 5.74) is 6.38. The van der Waals surface area contributed by atoms with Crippen LogP contribution in [0.4, 0.5) is 5.69 Å². The van der Waals surface area contributed by atoms with Crippen LogP contribution in [0, 0.1) is 11.3 Å². The summed E-state index contributed by atoms with van der Waals surface area (Å²) in [6.07, 6.45) is 0. The molecule has 0 bridgehead atoms. The van der Waals surface area contributed by atoms with E-state index in [2.05, 4.69) is 0 Å². The third kappa shape index (κ3) is 3.39. The molecule has 0 spiro atoms. The van der Waals surface area contributed by atoms with Crippen molar-refractivity contribution in [2.24, 2.45) is 0 Å². The number of nitrogens with two attached hydrogens (primary N) is 1. The summed E-state index contributed by atoms with van der Waals surface area (Å²) >= 11 is 0.